The summed E-state index contributed by atoms with van der Waals surface area (Å²) in [7, 11) is 0. The highest BCUT2D eigenvalue weighted by atomic mass is 35.5. The van der Waals surface area contributed by atoms with Crippen molar-refractivity contribution in [3.63, 3.8) is 0 Å². The maximum atomic E-state index is 6.35. The molecule has 126 valence electrons. The predicted molar refractivity (Wildman–Crippen MR) is 100 cm³/mol. The lowest BCUT2D eigenvalue weighted by atomic mass is 9.98. The van der Waals surface area contributed by atoms with Crippen LogP contribution in [0.1, 0.15) is 24.9 Å². The Morgan fingerprint density at radius 2 is 1.91 bits per heavy atom. The van der Waals surface area contributed by atoms with E-state index in [1.165, 1.54) is 0 Å². The number of pyridine rings is 1. The van der Waals surface area contributed by atoms with Crippen molar-refractivity contribution in [1.82, 2.24) is 15.2 Å². The van der Waals surface area contributed by atoms with Gasteiger partial charge in [-0.2, -0.15) is 0 Å². The molecule has 0 radical (unpaired) electrons. The van der Waals surface area contributed by atoms with Crippen LogP contribution in [-0.2, 0) is 0 Å². The number of aromatic nitrogens is 1. The van der Waals surface area contributed by atoms with E-state index in [0.29, 0.717) is 15.2 Å². The van der Waals surface area contributed by atoms with Crippen molar-refractivity contribution in [2.75, 3.05) is 26.2 Å². The van der Waals surface area contributed by atoms with E-state index in [9.17, 15) is 0 Å². The van der Waals surface area contributed by atoms with Crippen LogP contribution in [0.2, 0.25) is 15.2 Å². The minimum absolute atomic E-state index is 0. The van der Waals surface area contributed by atoms with Crippen molar-refractivity contribution in [3.05, 3.63) is 39.1 Å². The molecule has 0 aromatic carbocycles. The van der Waals surface area contributed by atoms with Gasteiger partial charge in [0.1, 0.15) is 5.15 Å². The van der Waals surface area contributed by atoms with Gasteiger partial charge in [0.2, 0.25) is 0 Å². The van der Waals surface area contributed by atoms with E-state index in [0.717, 1.165) is 43.7 Å². The van der Waals surface area contributed by atoms with Crippen molar-refractivity contribution in [2.45, 2.75) is 19.4 Å². The second kappa shape index (κ2) is 10.2. The monoisotopic (exact) mass is 405 g/mol. The van der Waals surface area contributed by atoms with Crippen LogP contribution >= 0.6 is 59.6 Å². The van der Waals surface area contributed by atoms with Gasteiger partial charge < -0.3 is 5.32 Å². The van der Waals surface area contributed by atoms with Gasteiger partial charge in [0, 0.05) is 44.0 Å². The number of rotatable bonds is 4. The number of hydrogen-bond donors (Lipinski definition) is 1. The number of nitrogens with one attached hydrogen (secondary N) is 1. The molecule has 8 heteroatoms. The van der Waals surface area contributed by atoms with Gasteiger partial charge in [0.15, 0.2) is 0 Å². The second-order valence-electron chi connectivity index (χ2n) is 5.09. The zero-order valence-corrected chi connectivity index (χ0v) is 16.1. The van der Waals surface area contributed by atoms with Crippen molar-refractivity contribution in [2.24, 2.45) is 0 Å². The fraction of sp³-hybridized carbons (Fsp3) is 0.500. The summed E-state index contributed by atoms with van der Waals surface area (Å²) < 4.78 is 0. The molecule has 22 heavy (non-hydrogen) atoms. The molecule has 1 saturated heterocycles. The molecule has 0 saturated carbocycles. The summed E-state index contributed by atoms with van der Waals surface area (Å²) in [6, 6.07) is 0.0927. The standard InChI is InChI=1S/C14H18Cl3N3.2ClH/c1-9(2)7-11(20-5-3-18-4-6-20)12-10(15)8-19-14(17)13(12)16;;/h8,11,18H,1,3-7H2,2H3;2*1H/t11-;;/m0../s1. The Kier molecular flexibility index (Phi) is 10.3. The van der Waals surface area contributed by atoms with Crippen LogP contribution in [-0.4, -0.2) is 36.1 Å². The Balaban J connectivity index is 0.00000220. The van der Waals surface area contributed by atoms with Crippen LogP contribution in [0, 0.1) is 0 Å². The van der Waals surface area contributed by atoms with Gasteiger partial charge in [-0.3, -0.25) is 4.90 Å². The summed E-state index contributed by atoms with van der Waals surface area (Å²) in [5.74, 6) is 0. The van der Waals surface area contributed by atoms with E-state index in [-0.39, 0.29) is 30.9 Å². The van der Waals surface area contributed by atoms with E-state index < -0.39 is 0 Å². The highest BCUT2D eigenvalue weighted by Crippen LogP contribution is 2.39. The van der Waals surface area contributed by atoms with Gasteiger partial charge in [0.05, 0.1) is 10.0 Å². The van der Waals surface area contributed by atoms with E-state index in [1.54, 1.807) is 6.20 Å². The first-order valence-corrected chi connectivity index (χ1v) is 7.72. The summed E-state index contributed by atoms with van der Waals surface area (Å²) in [6.07, 6.45) is 2.37. The largest absolute Gasteiger partial charge is 0.314 e. The number of hydrogen-bond acceptors (Lipinski definition) is 3. The smallest absolute Gasteiger partial charge is 0.148 e. The predicted octanol–water partition coefficient (Wildman–Crippen LogP) is 4.80. The molecule has 0 unspecified atom stereocenters. The molecule has 1 N–H and O–H groups in total. The van der Waals surface area contributed by atoms with Crippen molar-refractivity contribution >= 4 is 59.6 Å². The minimum atomic E-state index is 0. The molecule has 1 aromatic rings. The molecule has 1 aliphatic heterocycles. The molecule has 1 aliphatic rings. The van der Waals surface area contributed by atoms with Gasteiger partial charge in [0.25, 0.3) is 0 Å². The number of halogens is 5. The zero-order valence-electron chi connectivity index (χ0n) is 12.2. The summed E-state index contributed by atoms with van der Waals surface area (Å²) in [5, 5.41) is 4.65. The average Bonchev–Trinajstić information content (AvgIpc) is 2.43. The average molecular weight is 408 g/mol. The van der Waals surface area contributed by atoms with Crippen molar-refractivity contribution in [3.8, 4) is 0 Å². The molecule has 1 aromatic heterocycles. The minimum Gasteiger partial charge on any atom is -0.314 e. The summed E-state index contributed by atoms with van der Waals surface area (Å²) in [4.78, 5) is 6.36. The van der Waals surface area contributed by atoms with Crippen molar-refractivity contribution < 1.29 is 0 Å². The van der Waals surface area contributed by atoms with Gasteiger partial charge in [-0.05, 0) is 13.3 Å². The molecule has 0 amide bonds. The maximum absolute atomic E-state index is 6.35. The summed E-state index contributed by atoms with van der Waals surface area (Å²) >= 11 is 18.7. The molecular weight excluding hydrogens is 387 g/mol. The van der Waals surface area contributed by atoms with Crippen LogP contribution < -0.4 is 5.32 Å². The molecule has 1 atom stereocenters. The quantitative estimate of drug-likeness (QED) is 0.574. The van der Waals surface area contributed by atoms with Crippen LogP contribution in [0.25, 0.3) is 0 Å². The third-order valence-electron chi connectivity index (χ3n) is 3.43. The first-order chi connectivity index (χ1) is 9.50. The van der Waals surface area contributed by atoms with Crippen LogP contribution in [0.4, 0.5) is 0 Å². The van der Waals surface area contributed by atoms with E-state index >= 15 is 0 Å². The molecule has 1 fully saturated rings. The lowest BCUT2D eigenvalue weighted by Crippen LogP contribution is -2.45. The molecule has 2 heterocycles. The van der Waals surface area contributed by atoms with Crippen LogP contribution in [0.3, 0.4) is 0 Å². The molecular formula is C14H20Cl5N3. The second-order valence-corrected chi connectivity index (χ2v) is 6.23. The highest BCUT2D eigenvalue weighted by molar-refractivity contribution is 6.43. The lowest BCUT2D eigenvalue weighted by Gasteiger charge is -2.36. The molecule has 3 nitrogen and oxygen atoms in total. The Labute approximate surface area is 159 Å². The Hall–Kier alpha value is 0.260. The SMILES string of the molecule is C=C(C)C[C@@H](c1c(Cl)cnc(Cl)c1Cl)N1CCNCC1.Cl.Cl. The van der Waals surface area contributed by atoms with Gasteiger partial charge in [-0.25, -0.2) is 4.98 Å². The first kappa shape index (κ1) is 22.3. The highest BCUT2D eigenvalue weighted by Gasteiger charge is 2.27. The molecule has 0 spiro atoms. The van der Waals surface area contributed by atoms with Gasteiger partial charge in [-0.1, -0.05) is 40.4 Å². The number of piperazine rings is 1. The Morgan fingerprint density at radius 3 is 2.45 bits per heavy atom. The van der Waals surface area contributed by atoms with E-state index in [1.807, 2.05) is 6.92 Å². The third kappa shape index (κ3) is 5.41. The summed E-state index contributed by atoms with van der Waals surface area (Å²) in [6.45, 7) is 9.85. The fourth-order valence-corrected chi connectivity index (χ4v) is 3.24. The molecule has 2 rings (SSSR count). The van der Waals surface area contributed by atoms with Crippen LogP contribution in [0.15, 0.2) is 18.3 Å². The number of nitrogens with zero attached hydrogens (tertiary/aromatic N) is 2. The molecule has 0 bridgehead atoms. The van der Waals surface area contributed by atoms with Crippen LogP contribution in [0.5, 0.6) is 0 Å². The normalized spacial score (nSPS) is 16.4. The Bertz CT molecular complexity index is 503. The fourth-order valence-electron chi connectivity index (χ4n) is 2.50. The van der Waals surface area contributed by atoms with Gasteiger partial charge in [-0.15, -0.1) is 31.4 Å². The van der Waals surface area contributed by atoms with E-state index in [4.69, 9.17) is 34.8 Å². The third-order valence-corrected chi connectivity index (χ3v) is 4.50. The lowest BCUT2D eigenvalue weighted by molar-refractivity contribution is 0.172. The van der Waals surface area contributed by atoms with E-state index in [2.05, 4.69) is 21.8 Å². The van der Waals surface area contributed by atoms with Gasteiger partial charge >= 0.3 is 0 Å². The first-order valence-electron chi connectivity index (χ1n) is 6.59. The topological polar surface area (TPSA) is 28.2 Å². The zero-order chi connectivity index (χ0) is 14.7. The van der Waals surface area contributed by atoms with Crippen molar-refractivity contribution in [1.29, 1.82) is 0 Å². The Morgan fingerprint density at radius 1 is 1.32 bits per heavy atom. The maximum Gasteiger partial charge on any atom is 0.148 e. The molecule has 0 aliphatic carbocycles. The summed E-state index contributed by atoms with van der Waals surface area (Å²) in [5.41, 5.74) is 1.95.